The van der Waals surface area contributed by atoms with E-state index in [1.165, 1.54) is 0 Å². The molecule has 0 bridgehead atoms. The number of aromatic nitrogens is 1. The molecule has 0 saturated carbocycles. The molecule has 1 atom stereocenters. The van der Waals surface area contributed by atoms with Gasteiger partial charge >= 0.3 is 0 Å². The summed E-state index contributed by atoms with van der Waals surface area (Å²) in [5.41, 5.74) is 6.65. The zero-order valence-electron chi connectivity index (χ0n) is 11.5. The molecule has 6 nitrogen and oxygen atoms in total. The van der Waals surface area contributed by atoms with Gasteiger partial charge in [0.1, 0.15) is 5.82 Å². The van der Waals surface area contributed by atoms with Gasteiger partial charge in [-0.25, -0.2) is 4.98 Å². The summed E-state index contributed by atoms with van der Waals surface area (Å²) >= 11 is 0. The van der Waals surface area contributed by atoms with Crippen LogP contribution in [-0.2, 0) is 9.53 Å². The Balaban J connectivity index is 1.73. The molecule has 2 fully saturated rings. The van der Waals surface area contributed by atoms with Crippen LogP contribution in [0.25, 0.3) is 0 Å². The Morgan fingerprint density at radius 1 is 1.25 bits per heavy atom. The fraction of sp³-hybridized carbons (Fsp3) is 0.571. The van der Waals surface area contributed by atoms with E-state index >= 15 is 0 Å². The van der Waals surface area contributed by atoms with Crippen LogP contribution in [0.1, 0.15) is 12.8 Å². The van der Waals surface area contributed by atoms with Gasteiger partial charge in [-0.3, -0.25) is 4.79 Å². The van der Waals surface area contributed by atoms with Crippen molar-refractivity contribution in [1.29, 1.82) is 0 Å². The molecule has 1 aromatic rings. The lowest BCUT2D eigenvalue weighted by Gasteiger charge is -2.31. The predicted octanol–water partition coefficient (Wildman–Crippen LogP) is 0.372. The van der Waals surface area contributed by atoms with Crippen LogP contribution in [0.4, 0.5) is 11.5 Å². The Labute approximate surface area is 118 Å². The van der Waals surface area contributed by atoms with Crippen LogP contribution in [-0.4, -0.2) is 49.8 Å². The molecule has 3 rings (SSSR count). The highest BCUT2D eigenvalue weighted by Crippen LogP contribution is 2.22. The van der Waals surface area contributed by atoms with Gasteiger partial charge in [-0.05, 0) is 25.0 Å². The second kappa shape index (κ2) is 5.76. The lowest BCUT2D eigenvalue weighted by atomic mass is 10.1. The summed E-state index contributed by atoms with van der Waals surface area (Å²) in [4.78, 5) is 20.5. The van der Waals surface area contributed by atoms with Crippen molar-refractivity contribution in [1.82, 2.24) is 4.98 Å². The van der Waals surface area contributed by atoms with E-state index in [9.17, 15) is 4.79 Å². The number of pyridine rings is 1. The predicted molar refractivity (Wildman–Crippen MR) is 76.8 cm³/mol. The summed E-state index contributed by atoms with van der Waals surface area (Å²) < 4.78 is 5.33. The fourth-order valence-electron chi connectivity index (χ4n) is 2.68. The van der Waals surface area contributed by atoms with Crippen LogP contribution < -0.4 is 15.5 Å². The van der Waals surface area contributed by atoms with Gasteiger partial charge in [0.2, 0.25) is 5.91 Å². The summed E-state index contributed by atoms with van der Waals surface area (Å²) in [6, 6.07) is 3.55. The third-order valence-electron chi connectivity index (χ3n) is 3.86. The molecule has 0 radical (unpaired) electrons. The summed E-state index contributed by atoms with van der Waals surface area (Å²) in [6.07, 6.45) is 3.48. The van der Waals surface area contributed by atoms with E-state index in [1.54, 1.807) is 11.1 Å². The zero-order valence-corrected chi connectivity index (χ0v) is 11.5. The molecule has 2 aliphatic heterocycles. The SMILES string of the molecule is NC1CCCN(c2ccc(N3CCOCC3)nc2)C1=O. The molecule has 0 aliphatic carbocycles. The number of nitrogens with zero attached hydrogens (tertiary/aromatic N) is 3. The third-order valence-corrected chi connectivity index (χ3v) is 3.86. The second-order valence-corrected chi connectivity index (χ2v) is 5.21. The minimum atomic E-state index is -0.373. The van der Waals surface area contributed by atoms with Gasteiger partial charge < -0.3 is 20.3 Å². The first-order valence-electron chi connectivity index (χ1n) is 7.11. The maximum atomic E-state index is 12.1. The van der Waals surface area contributed by atoms with E-state index in [0.717, 1.165) is 57.2 Å². The van der Waals surface area contributed by atoms with E-state index in [0.29, 0.717) is 0 Å². The van der Waals surface area contributed by atoms with Crippen molar-refractivity contribution in [3.63, 3.8) is 0 Å². The number of anilines is 2. The highest BCUT2D eigenvalue weighted by Gasteiger charge is 2.27. The van der Waals surface area contributed by atoms with Gasteiger partial charge in [0.15, 0.2) is 0 Å². The smallest absolute Gasteiger partial charge is 0.243 e. The molecular formula is C14H20N4O2. The average Bonchev–Trinajstić information content (AvgIpc) is 2.51. The number of hydrogen-bond acceptors (Lipinski definition) is 5. The van der Waals surface area contributed by atoms with Gasteiger partial charge in [0.25, 0.3) is 0 Å². The van der Waals surface area contributed by atoms with Crippen LogP contribution in [0.3, 0.4) is 0 Å². The molecule has 0 spiro atoms. The first-order valence-corrected chi connectivity index (χ1v) is 7.11. The van der Waals surface area contributed by atoms with Gasteiger partial charge in [-0.1, -0.05) is 0 Å². The molecule has 20 heavy (non-hydrogen) atoms. The fourth-order valence-corrected chi connectivity index (χ4v) is 2.68. The van der Waals surface area contributed by atoms with Gasteiger partial charge in [0.05, 0.1) is 31.1 Å². The van der Waals surface area contributed by atoms with Gasteiger partial charge in [0, 0.05) is 19.6 Å². The van der Waals surface area contributed by atoms with Crippen molar-refractivity contribution in [2.24, 2.45) is 5.73 Å². The number of carbonyl (C=O) groups excluding carboxylic acids is 1. The molecule has 1 aromatic heterocycles. The van der Waals surface area contributed by atoms with Crippen LogP contribution in [0.5, 0.6) is 0 Å². The Morgan fingerprint density at radius 3 is 2.75 bits per heavy atom. The summed E-state index contributed by atoms with van der Waals surface area (Å²) in [7, 11) is 0. The lowest BCUT2D eigenvalue weighted by Crippen LogP contribution is -2.48. The molecule has 108 valence electrons. The van der Waals surface area contributed by atoms with Crippen LogP contribution in [0.15, 0.2) is 18.3 Å². The standard InChI is InChI=1S/C14H20N4O2/c15-12-2-1-5-18(14(12)19)11-3-4-13(16-10-11)17-6-8-20-9-7-17/h3-4,10,12H,1-2,5-9,15H2. The van der Waals surface area contributed by atoms with E-state index in [1.807, 2.05) is 12.1 Å². The molecule has 6 heteroatoms. The number of amides is 1. The Morgan fingerprint density at radius 2 is 2.05 bits per heavy atom. The third kappa shape index (κ3) is 2.62. The number of hydrogen-bond donors (Lipinski definition) is 1. The summed E-state index contributed by atoms with van der Waals surface area (Å²) in [5.74, 6) is 0.933. The topological polar surface area (TPSA) is 71.7 Å². The molecule has 0 aromatic carbocycles. The number of nitrogens with two attached hydrogens (primary N) is 1. The van der Waals surface area contributed by atoms with Crippen molar-refractivity contribution < 1.29 is 9.53 Å². The highest BCUT2D eigenvalue weighted by molar-refractivity contribution is 5.97. The molecule has 2 N–H and O–H groups in total. The van der Waals surface area contributed by atoms with E-state index < -0.39 is 0 Å². The molecule has 3 heterocycles. The molecular weight excluding hydrogens is 256 g/mol. The first kappa shape index (κ1) is 13.3. The second-order valence-electron chi connectivity index (χ2n) is 5.21. The Bertz CT molecular complexity index is 471. The van der Waals surface area contributed by atoms with Crippen LogP contribution in [0.2, 0.25) is 0 Å². The minimum Gasteiger partial charge on any atom is -0.378 e. The number of piperidine rings is 1. The molecule has 2 saturated heterocycles. The molecule has 1 unspecified atom stereocenters. The van der Waals surface area contributed by atoms with Crippen molar-refractivity contribution in [2.45, 2.75) is 18.9 Å². The summed E-state index contributed by atoms with van der Waals surface area (Å²) in [5, 5.41) is 0. The van der Waals surface area contributed by atoms with E-state index in [4.69, 9.17) is 10.5 Å². The quantitative estimate of drug-likeness (QED) is 0.845. The monoisotopic (exact) mass is 276 g/mol. The molecule has 1 amide bonds. The maximum Gasteiger partial charge on any atom is 0.243 e. The summed E-state index contributed by atoms with van der Waals surface area (Å²) in [6.45, 7) is 3.93. The van der Waals surface area contributed by atoms with E-state index in [2.05, 4.69) is 9.88 Å². The number of ether oxygens (including phenoxy) is 1. The van der Waals surface area contributed by atoms with Crippen LogP contribution >= 0.6 is 0 Å². The Hall–Kier alpha value is -1.66. The number of carbonyl (C=O) groups is 1. The van der Waals surface area contributed by atoms with Crippen molar-refractivity contribution in [3.8, 4) is 0 Å². The lowest BCUT2D eigenvalue weighted by molar-refractivity contribution is -0.120. The zero-order chi connectivity index (χ0) is 13.9. The van der Waals surface area contributed by atoms with Crippen molar-refractivity contribution >= 4 is 17.4 Å². The van der Waals surface area contributed by atoms with Gasteiger partial charge in [-0.2, -0.15) is 0 Å². The molecule has 2 aliphatic rings. The normalized spacial score (nSPS) is 24.1. The van der Waals surface area contributed by atoms with Crippen molar-refractivity contribution in [2.75, 3.05) is 42.6 Å². The Kier molecular flexibility index (Phi) is 3.84. The van der Waals surface area contributed by atoms with Gasteiger partial charge in [-0.15, -0.1) is 0 Å². The first-order chi connectivity index (χ1) is 9.75. The number of morpholine rings is 1. The van der Waals surface area contributed by atoms with Crippen molar-refractivity contribution in [3.05, 3.63) is 18.3 Å². The highest BCUT2D eigenvalue weighted by atomic mass is 16.5. The largest absolute Gasteiger partial charge is 0.378 e. The number of rotatable bonds is 2. The maximum absolute atomic E-state index is 12.1. The average molecular weight is 276 g/mol. The minimum absolute atomic E-state index is 0.00262. The van der Waals surface area contributed by atoms with Crippen LogP contribution in [0, 0.1) is 0 Å². The van der Waals surface area contributed by atoms with E-state index in [-0.39, 0.29) is 11.9 Å².